The van der Waals surface area contributed by atoms with Crippen molar-refractivity contribution >= 4 is 9.24 Å². The summed E-state index contributed by atoms with van der Waals surface area (Å²) in [5.74, 6) is 0.414. The quantitative estimate of drug-likeness (QED) is 0.790. The third kappa shape index (κ3) is 7.43. The van der Waals surface area contributed by atoms with Crippen molar-refractivity contribution in [3.8, 4) is 0 Å². The van der Waals surface area contributed by atoms with E-state index in [1.54, 1.807) is 0 Å². The van der Waals surface area contributed by atoms with Gasteiger partial charge in [-0.2, -0.15) is 0 Å². The second-order valence-electron chi connectivity index (χ2n) is 4.87. The van der Waals surface area contributed by atoms with Crippen LogP contribution < -0.4 is 5.32 Å². The number of rotatable bonds is 5. The molecule has 0 amide bonds. The normalized spacial score (nSPS) is 11.3. The van der Waals surface area contributed by atoms with E-state index in [-0.39, 0.29) is 0 Å². The highest BCUT2D eigenvalue weighted by molar-refractivity contribution is 7.17. The lowest BCUT2D eigenvalue weighted by Crippen LogP contribution is -2.24. The predicted octanol–water partition coefficient (Wildman–Crippen LogP) is 4.64. The molecule has 0 aliphatic heterocycles. The minimum absolute atomic E-state index is 0.414. The first kappa shape index (κ1) is 16.9. The minimum atomic E-state index is 0.414. The van der Waals surface area contributed by atoms with Crippen LogP contribution in [0.5, 0.6) is 0 Å². The summed E-state index contributed by atoms with van der Waals surface area (Å²) >= 11 is 0. The lowest BCUT2D eigenvalue weighted by atomic mass is 10.1. The maximum atomic E-state index is 3.51. The maximum Gasteiger partial charge on any atom is 0.0254 e. The molecule has 2 aromatic rings. The highest BCUT2D eigenvalue weighted by Gasteiger charge is 2.02. The Kier molecular flexibility index (Phi) is 8.95. The molecular weight excluding hydrogens is 261 g/mol. The summed E-state index contributed by atoms with van der Waals surface area (Å²) in [6, 6.07) is 21.1. The molecule has 0 saturated carbocycles. The molecule has 20 heavy (non-hydrogen) atoms. The molecule has 1 nitrogen and oxygen atoms in total. The van der Waals surface area contributed by atoms with Gasteiger partial charge in [0, 0.05) is 12.3 Å². The van der Waals surface area contributed by atoms with E-state index < -0.39 is 0 Å². The second kappa shape index (κ2) is 10.6. The standard InChI is InChI=1S/C15H18NP.C3H8/c17-15(11-13-7-3-1-4-8-13)16-12-14-9-5-2-6-10-14;1-3-2/h1-10,15-16H,11-12,17H2;3H2,1-2H3. The number of nitrogens with one attached hydrogen (secondary N) is 1. The molecule has 2 atom stereocenters. The van der Waals surface area contributed by atoms with E-state index in [1.807, 2.05) is 6.07 Å². The zero-order chi connectivity index (χ0) is 14.6. The van der Waals surface area contributed by atoms with Crippen LogP contribution in [0.25, 0.3) is 0 Å². The van der Waals surface area contributed by atoms with E-state index in [2.05, 4.69) is 83.0 Å². The van der Waals surface area contributed by atoms with E-state index in [9.17, 15) is 0 Å². The summed E-state index contributed by atoms with van der Waals surface area (Å²) in [7, 11) is 2.87. The third-order valence-corrected chi connectivity index (χ3v) is 3.18. The Morgan fingerprint density at radius 3 is 1.80 bits per heavy atom. The molecule has 2 rings (SSSR count). The Bertz CT molecular complexity index is 441. The summed E-state index contributed by atoms with van der Waals surface area (Å²) in [6.07, 6.45) is 2.29. The van der Waals surface area contributed by atoms with Crippen molar-refractivity contribution in [2.24, 2.45) is 0 Å². The SMILES string of the molecule is CCC.PC(Cc1ccccc1)NCc1ccccc1. The molecule has 0 aliphatic carbocycles. The number of hydrogen-bond acceptors (Lipinski definition) is 1. The average molecular weight is 287 g/mol. The molecule has 0 heterocycles. The molecule has 108 valence electrons. The van der Waals surface area contributed by atoms with E-state index in [1.165, 1.54) is 17.5 Å². The zero-order valence-corrected chi connectivity index (χ0v) is 13.7. The second-order valence-corrected chi connectivity index (χ2v) is 5.67. The molecule has 0 fully saturated rings. The number of hydrogen-bond donors (Lipinski definition) is 1. The van der Waals surface area contributed by atoms with Crippen molar-refractivity contribution in [2.45, 2.75) is 39.0 Å². The van der Waals surface area contributed by atoms with Gasteiger partial charge < -0.3 is 5.32 Å². The molecule has 2 unspecified atom stereocenters. The fourth-order valence-corrected chi connectivity index (χ4v) is 2.18. The van der Waals surface area contributed by atoms with Gasteiger partial charge in [0.1, 0.15) is 0 Å². The Morgan fingerprint density at radius 1 is 0.850 bits per heavy atom. The van der Waals surface area contributed by atoms with Gasteiger partial charge in [-0.1, -0.05) is 80.9 Å². The van der Waals surface area contributed by atoms with Crippen LogP contribution in [0.1, 0.15) is 31.4 Å². The van der Waals surface area contributed by atoms with Gasteiger partial charge in [-0.25, -0.2) is 0 Å². The predicted molar refractivity (Wildman–Crippen MR) is 92.9 cm³/mol. The summed E-state index contributed by atoms with van der Waals surface area (Å²) < 4.78 is 0. The molecule has 2 aromatic carbocycles. The molecular formula is C18H26NP. The van der Waals surface area contributed by atoms with Crippen LogP contribution in [0.3, 0.4) is 0 Å². The van der Waals surface area contributed by atoms with Crippen molar-refractivity contribution < 1.29 is 0 Å². The van der Waals surface area contributed by atoms with Crippen LogP contribution in [-0.2, 0) is 13.0 Å². The van der Waals surface area contributed by atoms with E-state index in [0.29, 0.717) is 5.78 Å². The fraction of sp³-hybridized carbons (Fsp3) is 0.333. The van der Waals surface area contributed by atoms with Gasteiger partial charge >= 0.3 is 0 Å². The van der Waals surface area contributed by atoms with E-state index in [0.717, 1.165) is 13.0 Å². The van der Waals surface area contributed by atoms with Crippen LogP contribution in [0.2, 0.25) is 0 Å². The van der Waals surface area contributed by atoms with Gasteiger partial charge in [0.25, 0.3) is 0 Å². The van der Waals surface area contributed by atoms with Gasteiger partial charge in [0.05, 0.1) is 0 Å². The van der Waals surface area contributed by atoms with Gasteiger partial charge in [-0.05, 0) is 17.5 Å². The maximum absolute atomic E-state index is 3.51. The Hall–Kier alpha value is -1.17. The fourth-order valence-electron chi connectivity index (χ4n) is 1.79. The first-order valence-corrected chi connectivity index (χ1v) is 7.99. The average Bonchev–Trinajstić information content (AvgIpc) is 2.48. The third-order valence-electron chi connectivity index (χ3n) is 2.71. The van der Waals surface area contributed by atoms with Gasteiger partial charge in [0.15, 0.2) is 0 Å². The van der Waals surface area contributed by atoms with Crippen LogP contribution in [0.15, 0.2) is 60.7 Å². The monoisotopic (exact) mass is 287 g/mol. The number of benzene rings is 2. The van der Waals surface area contributed by atoms with E-state index >= 15 is 0 Å². The molecule has 0 aromatic heterocycles. The summed E-state index contributed by atoms with van der Waals surface area (Å²) in [5.41, 5.74) is 2.70. The van der Waals surface area contributed by atoms with Crippen LogP contribution in [-0.4, -0.2) is 5.78 Å². The Labute approximate surface area is 126 Å². The van der Waals surface area contributed by atoms with Crippen LogP contribution >= 0.6 is 9.24 Å². The minimum Gasteiger partial charge on any atom is -0.306 e. The highest BCUT2D eigenvalue weighted by Crippen LogP contribution is 2.08. The molecule has 0 saturated heterocycles. The molecule has 2 heteroatoms. The van der Waals surface area contributed by atoms with Gasteiger partial charge in [-0.15, -0.1) is 9.24 Å². The first-order chi connectivity index (χ1) is 9.76. The summed E-state index contributed by atoms with van der Waals surface area (Å²) in [4.78, 5) is 0. The van der Waals surface area contributed by atoms with Gasteiger partial charge in [-0.3, -0.25) is 0 Å². The Morgan fingerprint density at radius 2 is 1.30 bits per heavy atom. The van der Waals surface area contributed by atoms with Crippen LogP contribution in [0.4, 0.5) is 0 Å². The lowest BCUT2D eigenvalue weighted by molar-refractivity contribution is 0.645. The Balaban J connectivity index is 0.000000612. The van der Waals surface area contributed by atoms with Crippen molar-refractivity contribution in [3.63, 3.8) is 0 Å². The molecule has 0 aliphatic rings. The molecule has 1 N–H and O–H groups in total. The largest absolute Gasteiger partial charge is 0.306 e. The van der Waals surface area contributed by atoms with Crippen molar-refractivity contribution in [2.75, 3.05) is 0 Å². The molecule has 0 bridgehead atoms. The summed E-state index contributed by atoms with van der Waals surface area (Å²) in [6.45, 7) is 5.17. The van der Waals surface area contributed by atoms with E-state index in [4.69, 9.17) is 0 Å². The molecule has 0 radical (unpaired) electrons. The lowest BCUT2D eigenvalue weighted by Gasteiger charge is -2.13. The zero-order valence-electron chi connectivity index (χ0n) is 12.5. The highest BCUT2D eigenvalue weighted by atomic mass is 31.0. The molecule has 0 spiro atoms. The van der Waals surface area contributed by atoms with Crippen molar-refractivity contribution in [1.29, 1.82) is 0 Å². The topological polar surface area (TPSA) is 12.0 Å². The first-order valence-electron chi connectivity index (χ1n) is 7.33. The van der Waals surface area contributed by atoms with Crippen LogP contribution in [0, 0.1) is 0 Å². The van der Waals surface area contributed by atoms with Crippen molar-refractivity contribution in [1.82, 2.24) is 5.32 Å². The van der Waals surface area contributed by atoms with Gasteiger partial charge in [0.2, 0.25) is 0 Å². The summed E-state index contributed by atoms with van der Waals surface area (Å²) in [5, 5.41) is 3.51. The smallest absolute Gasteiger partial charge is 0.0254 e. The van der Waals surface area contributed by atoms with Crippen molar-refractivity contribution in [3.05, 3.63) is 71.8 Å².